The fraction of sp³-hybridized carbons (Fsp3) is 0.875. The van der Waals surface area contributed by atoms with Crippen molar-refractivity contribution in [3.63, 3.8) is 0 Å². The summed E-state index contributed by atoms with van der Waals surface area (Å²) >= 11 is 0. The Labute approximate surface area is 168 Å². The Kier molecular flexibility index (Phi) is 20.8. The van der Waals surface area contributed by atoms with Crippen LogP contribution in [0.15, 0.2) is 12.7 Å². The van der Waals surface area contributed by atoms with Gasteiger partial charge in [-0.15, -0.1) is 0 Å². The number of carbonyl (C=O) groups is 1. The summed E-state index contributed by atoms with van der Waals surface area (Å²) in [4.78, 5) is 10.9. The number of esters is 1. The van der Waals surface area contributed by atoms with E-state index in [1.807, 2.05) is 0 Å². The number of hydrogen-bond acceptors (Lipinski definition) is 2. The molecule has 0 aliphatic rings. The Hall–Kier alpha value is -0.860. The number of rotatable bonds is 21. The number of unbranched alkanes of at least 4 members (excludes halogenated alkanes) is 14. The van der Waals surface area contributed by atoms with E-state index in [2.05, 4.69) is 13.5 Å². The highest BCUT2D eigenvalue weighted by Crippen LogP contribution is 2.16. The minimum atomic E-state index is -0.614. The topological polar surface area (TPSA) is 26.3 Å². The van der Waals surface area contributed by atoms with E-state index in [1.54, 1.807) is 0 Å². The monoisotopic (exact) mass is 384 g/mol. The van der Waals surface area contributed by atoms with Gasteiger partial charge >= 0.3 is 5.97 Å². The van der Waals surface area contributed by atoms with Crippen molar-refractivity contribution in [2.24, 2.45) is 0 Å². The molecule has 0 aromatic carbocycles. The lowest BCUT2D eigenvalue weighted by atomic mass is 10.0. The van der Waals surface area contributed by atoms with Crippen LogP contribution in [-0.2, 0) is 9.53 Å². The fourth-order valence-corrected chi connectivity index (χ4v) is 3.40. The quantitative estimate of drug-likeness (QED) is 0.113. The van der Waals surface area contributed by atoms with Crippen LogP contribution in [-0.4, -0.2) is 18.7 Å². The van der Waals surface area contributed by atoms with Gasteiger partial charge in [0.2, 0.25) is 0 Å². The predicted octanol–water partition coefficient (Wildman–Crippen LogP) is 8.10. The molecular formula is C24H45FO2. The maximum atomic E-state index is 13.9. The van der Waals surface area contributed by atoms with Crippen molar-refractivity contribution in [1.29, 1.82) is 0 Å². The zero-order valence-corrected chi connectivity index (χ0v) is 18.0. The first kappa shape index (κ1) is 26.1. The number of alkyl halides is 1. The third kappa shape index (κ3) is 21.3. The first-order valence-corrected chi connectivity index (χ1v) is 11.6. The maximum Gasteiger partial charge on any atom is 0.330 e. The van der Waals surface area contributed by atoms with Crippen LogP contribution in [0.1, 0.15) is 122 Å². The molecule has 2 nitrogen and oxygen atoms in total. The highest BCUT2D eigenvalue weighted by atomic mass is 19.1. The summed E-state index contributed by atoms with van der Waals surface area (Å²) in [5.41, 5.74) is 0. The molecule has 0 saturated heterocycles. The van der Waals surface area contributed by atoms with Gasteiger partial charge in [0, 0.05) is 6.08 Å². The standard InChI is InChI=1S/C24H45FO2/c1-3-5-6-7-8-9-10-11-12-14-17-20-23(25)21-18-15-13-16-19-22-27-24(26)4-2/h4,23H,2-3,5-22H2,1H3. The largest absolute Gasteiger partial charge is 0.463 e. The lowest BCUT2D eigenvalue weighted by Gasteiger charge is -2.08. The van der Waals surface area contributed by atoms with Crippen molar-refractivity contribution in [3.8, 4) is 0 Å². The molecule has 0 aromatic heterocycles. The predicted molar refractivity (Wildman–Crippen MR) is 115 cm³/mol. The van der Waals surface area contributed by atoms with Gasteiger partial charge in [-0.3, -0.25) is 0 Å². The second kappa shape index (κ2) is 21.4. The van der Waals surface area contributed by atoms with Gasteiger partial charge in [0.25, 0.3) is 0 Å². The van der Waals surface area contributed by atoms with Gasteiger partial charge in [-0.2, -0.15) is 0 Å². The molecule has 1 unspecified atom stereocenters. The van der Waals surface area contributed by atoms with Gasteiger partial charge in [-0.25, -0.2) is 9.18 Å². The van der Waals surface area contributed by atoms with Gasteiger partial charge in [0.1, 0.15) is 6.17 Å². The van der Waals surface area contributed by atoms with E-state index in [0.717, 1.165) is 44.9 Å². The molecule has 0 aliphatic carbocycles. The first-order chi connectivity index (χ1) is 13.2. The van der Waals surface area contributed by atoms with Gasteiger partial charge in [0.15, 0.2) is 0 Å². The number of ether oxygens (including phenoxy) is 1. The van der Waals surface area contributed by atoms with Gasteiger partial charge in [-0.05, 0) is 19.3 Å². The van der Waals surface area contributed by atoms with Crippen LogP contribution in [0.3, 0.4) is 0 Å². The van der Waals surface area contributed by atoms with E-state index in [0.29, 0.717) is 13.0 Å². The molecule has 0 spiro atoms. The molecule has 0 heterocycles. The van der Waals surface area contributed by atoms with Crippen molar-refractivity contribution in [2.45, 2.75) is 129 Å². The minimum Gasteiger partial charge on any atom is -0.463 e. The Balaban J connectivity index is 3.18. The lowest BCUT2D eigenvalue weighted by Crippen LogP contribution is -2.02. The molecule has 0 aliphatic heterocycles. The van der Waals surface area contributed by atoms with E-state index in [9.17, 15) is 9.18 Å². The molecule has 0 radical (unpaired) electrons. The molecule has 0 N–H and O–H groups in total. The highest BCUT2D eigenvalue weighted by Gasteiger charge is 2.06. The van der Waals surface area contributed by atoms with Crippen molar-refractivity contribution in [3.05, 3.63) is 12.7 Å². The Bertz CT molecular complexity index is 330. The van der Waals surface area contributed by atoms with E-state index in [1.165, 1.54) is 70.3 Å². The van der Waals surface area contributed by atoms with E-state index < -0.39 is 6.17 Å². The smallest absolute Gasteiger partial charge is 0.330 e. The third-order valence-electron chi connectivity index (χ3n) is 5.19. The SMILES string of the molecule is C=CC(=O)OCCCCCCCC(F)CCCCCCCCCCCCC. The summed E-state index contributed by atoms with van der Waals surface area (Å²) in [6, 6.07) is 0. The number of hydrogen-bond donors (Lipinski definition) is 0. The molecule has 0 bridgehead atoms. The maximum absolute atomic E-state index is 13.9. The van der Waals surface area contributed by atoms with Crippen LogP contribution >= 0.6 is 0 Å². The molecular weight excluding hydrogens is 339 g/mol. The van der Waals surface area contributed by atoms with Crippen LogP contribution in [0, 0.1) is 0 Å². The molecule has 0 fully saturated rings. The lowest BCUT2D eigenvalue weighted by molar-refractivity contribution is -0.137. The van der Waals surface area contributed by atoms with Crippen molar-refractivity contribution in [1.82, 2.24) is 0 Å². The molecule has 3 heteroatoms. The zero-order chi connectivity index (χ0) is 20.0. The zero-order valence-electron chi connectivity index (χ0n) is 18.0. The van der Waals surface area contributed by atoms with Crippen molar-refractivity contribution >= 4 is 5.97 Å². The van der Waals surface area contributed by atoms with Crippen molar-refractivity contribution < 1.29 is 13.9 Å². The van der Waals surface area contributed by atoms with Crippen LogP contribution in [0.25, 0.3) is 0 Å². The molecule has 0 rings (SSSR count). The van der Waals surface area contributed by atoms with Crippen LogP contribution in [0.5, 0.6) is 0 Å². The molecule has 0 saturated carbocycles. The summed E-state index contributed by atoms with van der Waals surface area (Å²) in [5.74, 6) is -0.349. The summed E-state index contributed by atoms with van der Waals surface area (Å²) in [6.07, 6.45) is 21.6. The Morgan fingerprint density at radius 1 is 0.778 bits per heavy atom. The molecule has 27 heavy (non-hydrogen) atoms. The Morgan fingerprint density at radius 3 is 1.63 bits per heavy atom. The minimum absolute atomic E-state index is 0.349. The first-order valence-electron chi connectivity index (χ1n) is 11.6. The van der Waals surface area contributed by atoms with Gasteiger partial charge in [-0.1, -0.05) is 110 Å². The second-order valence-electron chi connectivity index (χ2n) is 7.85. The highest BCUT2D eigenvalue weighted by molar-refractivity contribution is 5.81. The van der Waals surface area contributed by atoms with Crippen LogP contribution < -0.4 is 0 Å². The summed E-state index contributed by atoms with van der Waals surface area (Å²) in [5, 5.41) is 0. The van der Waals surface area contributed by atoms with Crippen LogP contribution in [0.2, 0.25) is 0 Å². The van der Waals surface area contributed by atoms with Crippen LogP contribution in [0.4, 0.5) is 4.39 Å². The number of carbonyl (C=O) groups excluding carboxylic acids is 1. The summed E-state index contributed by atoms with van der Waals surface area (Å²) in [7, 11) is 0. The summed E-state index contributed by atoms with van der Waals surface area (Å²) < 4.78 is 18.8. The average Bonchev–Trinajstić information content (AvgIpc) is 2.67. The number of halogens is 1. The van der Waals surface area contributed by atoms with Gasteiger partial charge in [0.05, 0.1) is 6.61 Å². The molecule has 1 atom stereocenters. The van der Waals surface area contributed by atoms with Crippen molar-refractivity contribution in [2.75, 3.05) is 6.61 Å². The third-order valence-corrected chi connectivity index (χ3v) is 5.19. The van der Waals surface area contributed by atoms with Gasteiger partial charge < -0.3 is 4.74 Å². The summed E-state index contributed by atoms with van der Waals surface area (Å²) in [6.45, 7) is 6.09. The Morgan fingerprint density at radius 2 is 1.19 bits per heavy atom. The second-order valence-corrected chi connectivity index (χ2v) is 7.85. The molecule has 0 aromatic rings. The van der Waals surface area contributed by atoms with E-state index in [-0.39, 0.29) is 5.97 Å². The molecule has 160 valence electrons. The van der Waals surface area contributed by atoms with E-state index in [4.69, 9.17) is 4.74 Å². The fourth-order valence-electron chi connectivity index (χ4n) is 3.40. The average molecular weight is 385 g/mol. The normalized spacial score (nSPS) is 12.1. The molecule has 0 amide bonds. The van der Waals surface area contributed by atoms with E-state index >= 15 is 0 Å².